The maximum Gasteiger partial charge on any atom is 0.330 e. The smallest absolute Gasteiger partial charge is 0.330 e. The molecule has 2 fully saturated rings. The molecule has 0 bridgehead atoms. The highest BCUT2D eigenvalue weighted by Crippen LogP contribution is 2.35. The summed E-state index contributed by atoms with van der Waals surface area (Å²) in [6, 6.07) is 13.1. The number of phenolic OH excluding ortho intramolecular Hbond substituents is 2. The fraction of sp³-hybridized carbons (Fsp3) is 0.351. The van der Waals surface area contributed by atoms with E-state index in [4.69, 9.17) is 37.6 Å². The zero-order chi connectivity index (χ0) is 38.7. The Morgan fingerprint density at radius 1 is 0.926 bits per heavy atom. The van der Waals surface area contributed by atoms with E-state index in [2.05, 4.69) is 0 Å². The molecule has 288 valence electrons. The number of aromatic hydroxyl groups is 2. The number of phenols is 2. The summed E-state index contributed by atoms with van der Waals surface area (Å²) in [6.07, 6.45) is -7.69. The third-order valence-corrected chi connectivity index (χ3v) is 8.95. The minimum absolute atomic E-state index is 0.0169. The fourth-order valence-corrected chi connectivity index (χ4v) is 5.87. The van der Waals surface area contributed by atoms with Gasteiger partial charge in [0, 0.05) is 18.2 Å². The molecule has 0 radical (unpaired) electrons. The van der Waals surface area contributed by atoms with Gasteiger partial charge in [-0.25, -0.2) is 4.79 Å². The molecule has 17 nitrogen and oxygen atoms in total. The number of fused-ring (bicyclic) bond motifs is 1. The first-order valence-corrected chi connectivity index (χ1v) is 16.5. The Labute approximate surface area is 306 Å². The van der Waals surface area contributed by atoms with E-state index in [9.17, 15) is 45.3 Å². The van der Waals surface area contributed by atoms with Crippen LogP contribution in [0.2, 0.25) is 0 Å². The molecule has 2 saturated heterocycles. The Bertz CT molecular complexity index is 2050. The molecular formula is C37H38O17. The summed E-state index contributed by atoms with van der Waals surface area (Å²) in [4.78, 5) is 25.7. The number of methoxy groups -OCH3 is 2. The van der Waals surface area contributed by atoms with Gasteiger partial charge in [-0.1, -0.05) is 18.2 Å². The van der Waals surface area contributed by atoms with E-state index in [1.165, 1.54) is 63.0 Å². The van der Waals surface area contributed by atoms with Gasteiger partial charge in [0.2, 0.25) is 11.7 Å². The van der Waals surface area contributed by atoms with Gasteiger partial charge in [0.05, 0.1) is 33.0 Å². The van der Waals surface area contributed by atoms with Gasteiger partial charge in [-0.3, -0.25) is 4.79 Å². The predicted octanol–water partition coefficient (Wildman–Crippen LogP) is 0.796. The standard InChI is InChI=1S/C37H38O17/c1-47-24-9-6-19(11-23(24)39)22-14-49-26-13-21(12-25(48-2)29(26)30(22)41)53-35-33(44)32(43)31(42)27(54-35)15-50-36-34(45)37(46,17-52-36)16-51-28(40)10-5-18-3-7-20(38)8-4-18/h3-14,27,31-36,38-39,42-46H,15-17H2,1-2H3/b10-5+/t27-,31-,32+,33-,34+,35-,36-,37-/m1/s1. The van der Waals surface area contributed by atoms with Crippen LogP contribution in [0.25, 0.3) is 28.2 Å². The highest BCUT2D eigenvalue weighted by molar-refractivity contribution is 5.89. The lowest BCUT2D eigenvalue weighted by Crippen LogP contribution is -2.60. The molecule has 0 spiro atoms. The van der Waals surface area contributed by atoms with Crippen LogP contribution in [0.4, 0.5) is 0 Å². The van der Waals surface area contributed by atoms with E-state index >= 15 is 0 Å². The Hall–Kier alpha value is -5.24. The quantitative estimate of drug-likeness (QED) is 0.0780. The van der Waals surface area contributed by atoms with Gasteiger partial charge in [-0.05, 0) is 41.5 Å². The first-order valence-electron chi connectivity index (χ1n) is 16.5. The second-order valence-electron chi connectivity index (χ2n) is 12.6. The van der Waals surface area contributed by atoms with Crippen molar-refractivity contribution < 1.29 is 78.1 Å². The SMILES string of the molecule is COc1ccc(-c2coc3cc(O[C@@H]4O[C@H](CO[C@@H]5OC[C@](O)(COC(=O)/C=C/c6ccc(O)cc6)[C@H]5O)[C@@H](O)[C@H](O)[C@H]4O)cc(OC)c3c2=O)cc1O. The summed E-state index contributed by atoms with van der Waals surface area (Å²) in [5, 5.41) is 73.3. The van der Waals surface area contributed by atoms with Crippen molar-refractivity contribution in [1.82, 2.24) is 0 Å². The van der Waals surface area contributed by atoms with Crippen molar-refractivity contribution in [3.8, 4) is 39.9 Å². The Balaban J connectivity index is 1.09. The van der Waals surface area contributed by atoms with Crippen molar-refractivity contribution >= 4 is 23.0 Å². The van der Waals surface area contributed by atoms with Gasteiger partial charge in [0.25, 0.3) is 0 Å². The van der Waals surface area contributed by atoms with Gasteiger partial charge in [-0.2, -0.15) is 0 Å². The number of aliphatic hydroxyl groups excluding tert-OH is 4. The molecule has 4 aromatic rings. The lowest BCUT2D eigenvalue weighted by molar-refractivity contribution is -0.289. The van der Waals surface area contributed by atoms with Gasteiger partial charge in [-0.15, -0.1) is 0 Å². The van der Waals surface area contributed by atoms with Gasteiger partial charge < -0.3 is 73.3 Å². The minimum atomic E-state index is -2.05. The highest BCUT2D eigenvalue weighted by Gasteiger charge is 2.51. The summed E-state index contributed by atoms with van der Waals surface area (Å²) in [6.45, 7) is -1.67. The first kappa shape index (κ1) is 38.5. The molecule has 0 aliphatic carbocycles. The Morgan fingerprint density at radius 2 is 1.67 bits per heavy atom. The third kappa shape index (κ3) is 7.98. The molecule has 0 unspecified atom stereocenters. The van der Waals surface area contributed by atoms with Crippen molar-refractivity contribution in [2.24, 2.45) is 0 Å². The van der Waals surface area contributed by atoms with Crippen LogP contribution < -0.4 is 19.6 Å². The van der Waals surface area contributed by atoms with E-state index in [0.29, 0.717) is 11.1 Å². The summed E-state index contributed by atoms with van der Waals surface area (Å²) < 4.78 is 43.8. The van der Waals surface area contributed by atoms with Crippen LogP contribution in [-0.4, -0.2) is 124 Å². The number of carbonyl (C=O) groups is 1. The molecule has 17 heteroatoms. The van der Waals surface area contributed by atoms with Crippen molar-refractivity contribution in [3.05, 3.63) is 82.7 Å². The second-order valence-corrected chi connectivity index (χ2v) is 12.6. The highest BCUT2D eigenvalue weighted by atomic mass is 16.7. The molecule has 2 aliphatic heterocycles. The molecule has 2 aliphatic rings. The molecule has 54 heavy (non-hydrogen) atoms. The molecular weight excluding hydrogens is 716 g/mol. The van der Waals surface area contributed by atoms with Crippen molar-refractivity contribution in [3.63, 3.8) is 0 Å². The zero-order valence-electron chi connectivity index (χ0n) is 28.8. The number of ether oxygens (including phenoxy) is 7. The van der Waals surface area contributed by atoms with Crippen LogP contribution in [0, 0.1) is 0 Å². The van der Waals surface area contributed by atoms with E-state index in [-0.39, 0.29) is 45.3 Å². The number of aliphatic hydroxyl groups is 5. The van der Waals surface area contributed by atoms with E-state index in [0.717, 1.165) is 6.08 Å². The summed E-state index contributed by atoms with van der Waals surface area (Å²) >= 11 is 0. The van der Waals surface area contributed by atoms with Crippen LogP contribution in [-0.2, 0) is 23.7 Å². The average molecular weight is 755 g/mol. The monoisotopic (exact) mass is 754 g/mol. The predicted molar refractivity (Wildman–Crippen MR) is 185 cm³/mol. The fourth-order valence-electron chi connectivity index (χ4n) is 5.87. The lowest BCUT2D eigenvalue weighted by Gasteiger charge is -2.40. The van der Waals surface area contributed by atoms with Crippen LogP contribution in [0.1, 0.15) is 5.56 Å². The molecule has 7 N–H and O–H groups in total. The van der Waals surface area contributed by atoms with E-state index in [1.54, 1.807) is 18.2 Å². The Morgan fingerprint density at radius 3 is 2.37 bits per heavy atom. The van der Waals surface area contributed by atoms with Crippen LogP contribution in [0.5, 0.6) is 28.7 Å². The number of rotatable bonds is 12. The van der Waals surface area contributed by atoms with Crippen molar-refractivity contribution in [2.75, 3.05) is 34.0 Å². The zero-order valence-corrected chi connectivity index (χ0v) is 28.8. The van der Waals surface area contributed by atoms with Crippen LogP contribution >= 0.6 is 0 Å². The maximum atomic E-state index is 13.5. The number of hydrogen-bond donors (Lipinski definition) is 7. The Kier molecular flexibility index (Phi) is 11.4. The first-order chi connectivity index (χ1) is 25.8. The molecule has 0 amide bonds. The second kappa shape index (κ2) is 16.0. The van der Waals surface area contributed by atoms with Crippen molar-refractivity contribution in [1.29, 1.82) is 0 Å². The lowest BCUT2D eigenvalue weighted by atomic mass is 9.99. The maximum absolute atomic E-state index is 13.5. The molecule has 3 heterocycles. The van der Waals surface area contributed by atoms with E-state index in [1.807, 2.05) is 0 Å². The molecule has 8 atom stereocenters. The normalized spacial score (nSPS) is 26.9. The molecule has 3 aromatic carbocycles. The number of hydrogen-bond acceptors (Lipinski definition) is 17. The van der Waals surface area contributed by atoms with E-state index < -0.39 is 79.9 Å². The van der Waals surface area contributed by atoms with Gasteiger partial charge in [0.1, 0.15) is 71.6 Å². The summed E-state index contributed by atoms with van der Waals surface area (Å²) in [7, 11) is 2.70. The summed E-state index contributed by atoms with van der Waals surface area (Å²) in [5.74, 6) is -0.726. The molecule has 0 saturated carbocycles. The third-order valence-electron chi connectivity index (χ3n) is 8.95. The average Bonchev–Trinajstić information content (AvgIpc) is 3.45. The summed E-state index contributed by atoms with van der Waals surface area (Å²) in [5.41, 5.74) is -1.44. The number of benzene rings is 3. The van der Waals surface area contributed by atoms with Crippen LogP contribution in [0.3, 0.4) is 0 Å². The molecule has 6 rings (SSSR count). The van der Waals surface area contributed by atoms with Gasteiger partial charge in [0.15, 0.2) is 23.4 Å². The van der Waals surface area contributed by atoms with Crippen LogP contribution in [0.15, 0.2) is 76.1 Å². The number of carbonyl (C=O) groups excluding carboxylic acids is 1. The largest absolute Gasteiger partial charge is 0.508 e. The molecule has 1 aromatic heterocycles. The topological polar surface area (TPSA) is 253 Å². The van der Waals surface area contributed by atoms with Gasteiger partial charge >= 0.3 is 5.97 Å². The minimum Gasteiger partial charge on any atom is -0.508 e. The van der Waals surface area contributed by atoms with Crippen molar-refractivity contribution in [2.45, 2.75) is 48.7 Å². The number of esters is 1.